The van der Waals surface area contributed by atoms with E-state index in [0.717, 1.165) is 11.3 Å². The van der Waals surface area contributed by atoms with Gasteiger partial charge in [0, 0.05) is 11.9 Å². The minimum atomic E-state index is -0.383. The number of hydrogen-bond donors (Lipinski definition) is 2. The summed E-state index contributed by atoms with van der Waals surface area (Å²) in [5.41, 5.74) is 2.11. The number of hydrogen-bond acceptors (Lipinski definition) is 2. The first-order valence-corrected chi connectivity index (χ1v) is 6.90. The molecule has 1 heterocycles. The van der Waals surface area contributed by atoms with Gasteiger partial charge in [0.05, 0.1) is 0 Å². The number of aromatic nitrogens is 1. The fourth-order valence-electron chi connectivity index (χ4n) is 2.29. The Morgan fingerprint density at radius 1 is 1.14 bits per heavy atom. The number of benzene rings is 1. The topological polar surface area (TPSA) is 62.0 Å². The van der Waals surface area contributed by atoms with E-state index in [4.69, 9.17) is 0 Å². The van der Waals surface area contributed by atoms with Crippen molar-refractivity contribution in [3.8, 4) is 0 Å². The molecule has 0 bridgehead atoms. The number of carbonyl (C=O) groups excluding carboxylic acids is 1. The molecule has 2 N–H and O–H groups in total. The van der Waals surface area contributed by atoms with Crippen molar-refractivity contribution in [3.63, 3.8) is 0 Å². The zero-order valence-corrected chi connectivity index (χ0v) is 12.8. The van der Waals surface area contributed by atoms with Crippen LogP contribution in [0.5, 0.6) is 0 Å². The highest BCUT2D eigenvalue weighted by molar-refractivity contribution is 6.05. The van der Waals surface area contributed by atoms with E-state index < -0.39 is 0 Å². The van der Waals surface area contributed by atoms with Crippen LogP contribution in [0.2, 0.25) is 0 Å². The third-order valence-electron chi connectivity index (χ3n) is 3.38. The Hall–Kier alpha value is -2.36. The third kappa shape index (κ3) is 3.21. The van der Waals surface area contributed by atoms with E-state index in [-0.39, 0.29) is 22.4 Å². The van der Waals surface area contributed by atoms with Crippen molar-refractivity contribution in [1.82, 2.24) is 4.98 Å². The van der Waals surface area contributed by atoms with E-state index in [9.17, 15) is 9.59 Å². The Balaban J connectivity index is 2.40. The average Bonchev–Trinajstić information content (AvgIpc) is 2.37. The zero-order chi connectivity index (χ0) is 15.6. The first-order valence-electron chi connectivity index (χ1n) is 6.90. The SMILES string of the molecule is Cc1cc[nH]c(=O)c1C(=O)Nc1ccccc1C(C)(C)C. The predicted molar refractivity (Wildman–Crippen MR) is 84.9 cm³/mol. The quantitative estimate of drug-likeness (QED) is 0.889. The van der Waals surface area contributed by atoms with Crippen LogP contribution >= 0.6 is 0 Å². The molecular formula is C17H20N2O2. The number of aromatic amines is 1. The van der Waals surface area contributed by atoms with Crippen LogP contribution in [0.3, 0.4) is 0 Å². The van der Waals surface area contributed by atoms with Gasteiger partial charge in [-0.2, -0.15) is 0 Å². The van der Waals surface area contributed by atoms with Crippen LogP contribution in [0.15, 0.2) is 41.3 Å². The Kier molecular flexibility index (Phi) is 3.98. The van der Waals surface area contributed by atoms with Gasteiger partial charge in [0.25, 0.3) is 11.5 Å². The van der Waals surface area contributed by atoms with E-state index in [0.29, 0.717) is 5.56 Å². The van der Waals surface area contributed by atoms with Crippen LogP contribution < -0.4 is 10.9 Å². The molecule has 4 nitrogen and oxygen atoms in total. The van der Waals surface area contributed by atoms with Gasteiger partial charge in [-0.1, -0.05) is 39.0 Å². The lowest BCUT2D eigenvalue weighted by molar-refractivity contribution is 0.102. The maximum atomic E-state index is 12.4. The van der Waals surface area contributed by atoms with Gasteiger partial charge in [0.15, 0.2) is 0 Å². The molecule has 0 saturated carbocycles. The van der Waals surface area contributed by atoms with Crippen LogP contribution in [0.1, 0.15) is 42.3 Å². The molecule has 110 valence electrons. The van der Waals surface area contributed by atoms with Crippen molar-refractivity contribution in [2.75, 3.05) is 5.32 Å². The van der Waals surface area contributed by atoms with Crippen molar-refractivity contribution in [2.24, 2.45) is 0 Å². The van der Waals surface area contributed by atoms with Gasteiger partial charge in [-0.05, 0) is 35.6 Å². The Morgan fingerprint density at radius 3 is 2.43 bits per heavy atom. The molecule has 0 aliphatic rings. The summed E-state index contributed by atoms with van der Waals surface area (Å²) in [7, 11) is 0. The monoisotopic (exact) mass is 284 g/mol. The van der Waals surface area contributed by atoms with Crippen molar-refractivity contribution in [2.45, 2.75) is 33.1 Å². The molecule has 1 aromatic heterocycles. The molecule has 0 fully saturated rings. The smallest absolute Gasteiger partial charge is 0.261 e. The molecule has 1 aromatic carbocycles. The third-order valence-corrected chi connectivity index (χ3v) is 3.38. The number of rotatable bonds is 2. The number of aryl methyl sites for hydroxylation is 1. The number of anilines is 1. The van der Waals surface area contributed by atoms with Crippen molar-refractivity contribution >= 4 is 11.6 Å². The lowest BCUT2D eigenvalue weighted by Crippen LogP contribution is -2.25. The summed E-state index contributed by atoms with van der Waals surface area (Å²) in [6.45, 7) is 8.00. The summed E-state index contributed by atoms with van der Waals surface area (Å²) < 4.78 is 0. The van der Waals surface area contributed by atoms with Crippen LogP contribution in [-0.2, 0) is 5.41 Å². The molecule has 21 heavy (non-hydrogen) atoms. The average molecular weight is 284 g/mol. The molecule has 0 unspecified atom stereocenters. The van der Waals surface area contributed by atoms with Gasteiger partial charge in [0.1, 0.15) is 5.56 Å². The predicted octanol–water partition coefficient (Wildman–Crippen LogP) is 3.23. The molecule has 0 atom stereocenters. The lowest BCUT2D eigenvalue weighted by Gasteiger charge is -2.23. The van der Waals surface area contributed by atoms with Gasteiger partial charge in [-0.3, -0.25) is 9.59 Å². The minimum absolute atomic E-state index is 0.0952. The van der Waals surface area contributed by atoms with Crippen LogP contribution in [0.25, 0.3) is 0 Å². The highest BCUT2D eigenvalue weighted by Crippen LogP contribution is 2.29. The molecule has 4 heteroatoms. The summed E-state index contributed by atoms with van der Waals surface area (Å²) in [6.07, 6.45) is 1.54. The number of amides is 1. The number of carbonyl (C=O) groups is 1. The van der Waals surface area contributed by atoms with Gasteiger partial charge >= 0.3 is 0 Å². The Labute approximate surface area is 124 Å². The summed E-state index contributed by atoms with van der Waals surface area (Å²) in [5.74, 6) is -0.383. The highest BCUT2D eigenvalue weighted by atomic mass is 16.2. The second-order valence-electron chi connectivity index (χ2n) is 6.11. The molecule has 0 saturated heterocycles. The van der Waals surface area contributed by atoms with Gasteiger partial charge < -0.3 is 10.3 Å². The molecule has 0 spiro atoms. The first kappa shape index (κ1) is 15.0. The maximum Gasteiger partial charge on any atom is 0.261 e. The van der Waals surface area contributed by atoms with E-state index in [2.05, 4.69) is 31.1 Å². The second-order valence-corrected chi connectivity index (χ2v) is 6.11. The van der Waals surface area contributed by atoms with E-state index in [1.807, 2.05) is 24.3 Å². The largest absolute Gasteiger partial charge is 0.328 e. The number of pyridine rings is 1. The lowest BCUT2D eigenvalue weighted by atomic mass is 9.86. The van der Waals surface area contributed by atoms with Gasteiger partial charge in [-0.25, -0.2) is 0 Å². The van der Waals surface area contributed by atoms with E-state index >= 15 is 0 Å². The molecule has 1 amide bonds. The Morgan fingerprint density at radius 2 is 1.81 bits per heavy atom. The summed E-state index contributed by atoms with van der Waals surface area (Å²) in [6, 6.07) is 9.36. The van der Waals surface area contributed by atoms with E-state index in [1.165, 1.54) is 6.20 Å². The molecule has 0 aliphatic carbocycles. The van der Waals surface area contributed by atoms with Crippen molar-refractivity contribution < 1.29 is 4.79 Å². The number of nitrogens with one attached hydrogen (secondary N) is 2. The van der Waals surface area contributed by atoms with Gasteiger partial charge in [-0.15, -0.1) is 0 Å². The first-order chi connectivity index (χ1) is 9.80. The minimum Gasteiger partial charge on any atom is -0.328 e. The van der Waals surface area contributed by atoms with Crippen LogP contribution in [0.4, 0.5) is 5.69 Å². The normalized spacial score (nSPS) is 11.2. The number of H-pyrrole nitrogens is 1. The Bertz CT molecular complexity index is 724. The molecular weight excluding hydrogens is 264 g/mol. The molecule has 0 radical (unpaired) electrons. The number of para-hydroxylation sites is 1. The van der Waals surface area contributed by atoms with Crippen LogP contribution in [0, 0.1) is 6.92 Å². The zero-order valence-electron chi connectivity index (χ0n) is 12.8. The highest BCUT2D eigenvalue weighted by Gasteiger charge is 2.20. The fourth-order valence-corrected chi connectivity index (χ4v) is 2.29. The fraction of sp³-hybridized carbons (Fsp3) is 0.294. The van der Waals surface area contributed by atoms with Crippen molar-refractivity contribution in [1.29, 1.82) is 0 Å². The van der Waals surface area contributed by atoms with Gasteiger partial charge in [0.2, 0.25) is 0 Å². The molecule has 2 aromatic rings. The van der Waals surface area contributed by atoms with Crippen molar-refractivity contribution in [3.05, 3.63) is 63.6 Å². The standard InChI is InChI=1S/C17H20N2O2/c1-11-9-10-18-15(20)14(11)16(21)19-13-8-6-5-7-12(13)17(2,3)4/h5-10H,1-4H3,(H,18,20)(H,19,21). The summed E-state index contributed by atoms with van der Waals surface area (Å²) in [5, 5.41) is 2.86. The van der Waals surface area contributed by atoms with Crippen LogP contribution in [-0.4, -0.2) is 10.9 Å². The maximum absolute atomic E-state index is 12.4. The summed E-state index contributed by atoms with van der Waals surface area (Å²) in [4.78, 5) is 26.8. The van der Waals surface area contributed by atoms with E-state index in [1.54, 1.807) is 13.0 Å². The second kappa shape index (κ2) is 5.56. The molecule has 0 aliphatic heterocycles. The summed E-state index contributed by atoms with van der Waals surface area (Å²) >= 11 is 0. The molecule has 2 rings (SSSR count).